The minimum absolute atomic E-state index is 0.125. The van der Waals surface area contributed by atoms with Crippen LogP contribution in [0.5, 0.6) is 0 Å². The number of anilines is 1. The fourth-order valence-corrected chi connectivity index (χ4v) is 3.75. The third-order valence-corrected chi connectivity index (χ3v) is 5.23. The van der Waals surface area contributed by atoms with Crippen LogP contribution in [0.1, 0.15) is 12.8 Å². The van der Waals surface area contributed by atoms with Gasteiger partial charge in [-0.15, -0.1) is 0 Å². The molecule has 1 aliphatic heterocycles. The van der Waals surface area contributed by atoms with Gasteiger partial charge in [-0.1, -0.05) is 0 Å². The molecular formula is C19H22N4O2. The molecule has 0 bridgehead atoms. The van der Waals surface area contributed by atoms with E-state index >= 15 is 0 Å². The number of aliphatic hydroxyl groups is 1. The fraction of sp³-hybridized carbons (Fsp3) is 0.421. The van der Waals surface area contributed by atoms with Gasteiger partial charge in [-0.2, -0.15) is 0 Å². The minimum Gasteiger partial charge on any atom is -0.396 e. The Morgan fingerprint density at radius 2 is 2.08 bits per heavy atom. The molecule has 2 atom stereocenters. The highest BCUT2D eigenvalue weighted by Crippen LogP contribution is 2.44. The van der Waals surface area contributed by atoms with E-state index in [2.05, 4.69) is 15.3 Å². The van der Waals surface area contributed by atoms with Crippen molar-refractivity contribution >= 4 is 11.7 Å². The summed E-state index contributed by atoms with van der Waals surface area (Å²) >= 11 is 0. The molecule has 6 nitrogen and oxygen atoms in total. The van der Waals surface area contributed by atoms with Crippen molar-refractivity contribution in [3.63, 3.8) is 0 Å². The number of hydrogen-bond donors (Lipinski definition) is 2. The molecule has 4 rings (SSSR count). The van der Waals surface area contributed by atoms with E-state index in [0.717, 1.165) is 12.1 Å². The topological polar surface area (TPSA) is 78.4 Å². The highest BCUT2D eigenvalue weighted by molar-refractivity contribution is 5.93. The van der Waals surface area contributed by atoms with Gasteiger partial charge in [0, 0.05) is 49.8 Å². The Morgan fingerprint density at radius 1 is 1.24 bits per heavy atom. The zero-order valence-electron chi connectivity index (χ0n) is 14.0. The third-order valence-electron chi connectivity index (χ3n) is 5.23. The van der Waals surface area contributed by atoms with Crippen LogP contribution in [-0.2, 0) is 0 Å². The predicted molar refractivity (Wildman–Crippen MR) is 94.8 cm³/mol. The van der Waals surface area contributed by atoms with E-state index in [0.29, 0.717) is 29.8 Å². The van der Waals surface area contributed by atoms with E-state index in [9.17, 15) is 9.90 Å². The van der Waals surface area contributed by atoms with Crippen molar-refractivity contribution in [2.75, 3.05) is 25.0 Å². The summed E-state index contributed by atoms with van der Waals surface area (Å²) in [5, 5.41) is 12.6. The van der Waals surface area contributed by atoms with E-state index in [1.165, 1.54) is 12.8 Å². The molecule has 1 saturated heterocycles. The molecule has 0 aromatic carbocycles. The summed E-state index contributed by atoms with van der Waals surface area (Å²) in [6.45, 7) is 1.50. The molecule has 2 N–H and O–H groups in total. The van der Waals surface area contributed by atoms with Gasteiger partial charge >= 0.3 is 6.03 Å². The SMILES string of the molecule is O=C(Nc1cccnc1-c1cccnc1)N1C[C@@H](CO)[C@H](C2CC2)C1. The van der Waals surface area contributed by atoms with Gasteiger partial charge in [0.25, 0.3) is 0 Å². The number of likely N-dealkylation sites (tertiary alicyclic amines) is 1. The van der Waals surface area contributed by atoms with Crippen LogP contribution >= 0.6 is 0 Å². The maximum absolute atomic E-state index is 12.7. The number of rotatable bonds is 4. The summed E-state index contributed by atoms with van der Waals surface area (Å²) < 4.78 is 0. The summed E-state index contributed by atoms with van der Waals surface area (Å²) in [5.74, 6) is 1.31. The number of pyridine rings is 2. The second kappa shape index (κ2) is 6.80. The summed E-state index contributed by atoms with van der Waals surface area (Å²) in [6.07, 6.45) is 7.61. The van der Waals surface area contributed by atoms with Crippen LogP contribution in [0.15, 0.2) is 42.9 Å². The zero-order chi connectivity index (χ0) is 17.2. The van der Waals surface area contributed by atoms with Crippen molar-refractivity contribution in [1.29, 1.82) is 0 Å². The molecule has 2 fully saturated rings. The molecule has 0 spiro atoms. The van der Waals surface area contributed by atoms with Gasteiger partial charge in [-0.3, -0.25) is 9.97 Å². The average molecular weight is 338 g/mol. The minimum atomic E-state index is -0.125. The molecule has 0 unspecified atom stereocenters. The number of hydrogen-bond acceptors (Lipinski definition) is 4. The van der Waals surface area contributed by atoms with Gasteiger partial charge in [0.05, 0.1) is 11.4 Å². The Labute approximate surface area is 146 Å². The third kappa shape index (κ3) is 3.35. The number of carbonyl (C=O) groups excluding carboxylic acids is 1. The quantitative estimate of drug-likeness (QED) is 0.898. The second-order valence-electron chi connectivity index (χ2n) is 6.92. The van der Waals surface area contributed by atoms with Crippen LogP contribution in [-0.4, -0.2) is 45.7 Å². The Balaban J connectivity index is 1.50. The summed E-state index contributed by atoms with van der Waals surface area (Å²) in [7, 11) is 0. The van der Waals surface area contributed by atoms with E-state index in [1.54, 1.807) is 18.6 Å². The van der Waals surface area contributed by atoms with Crippen molar-refractivity contribution in [3.8, 4) is 11.3 Å². The van der Waals surface area contributed by atoms with Gasteiger partial charge in [-0.25, -0.2) is 4.79 Å². The number of urea groups is 1. The highest BCUT2D eigenvalue weighted by Gasteiger charge is 2.43. The maximum atomic E-state index is 12.7. The molecule has 2 aliphatic rings. The lowest BCUT2D eigenvalue weighted by Crippen LogP contribution is -2.33. The fourth-order valence-electron chi connectivity index (χ4n) is 3.75. The van der Waals surface area contributed by atoms with Crippen molar-refractivity contribution in [1.82, 2.24) is 14.9 Å². The Kier molecular flexibility index (Phi) is 4.36. The molecule has 130 valence electrons. The van der Waals surface area contributed by atoms with Crippen LogP contribution in [0, 0.1) is 17.8 Å². The van der Waals surface area contributed by atoms with Crippen LogP contribution in [0.3, 0.4) is 0 Å². The van der Waals surface area contributed by atoms with Gasteiger partial charge in [-0.05, 0) is 48.9 Å². The molecular weight excluding hydrogens is 316 g/mol. The van der Waals surface area contributed by atoms with E-state index in [1.807, 2.05) is 29.2 Å². The van der Waals surface area contributed by atoms with Gasteiger partial charge in [0.15, 0.2) is 0 Å². The summed E-state index contributed by atoms with van der Waals surface area (Å²) in [5.41, 5.74) is 2.25. The lowest BCUT2D eigenvalue weighted by molar-refractivity contribution is 0.192. The van der Waals surface area contributed by atoms with Crippen LogP contribution in [0.2, 0.25) is 0 Å². The van der Waals surface area contributed by atoms with Gasteiger partial charge < -0.3 is 15.3 Å². The molecule has 0 radical (unpaired) electrons. The molecule has 1 aliphatic carbocycles. The Morgan fingerprint density at radius 3 is 2.80 bits per heavy atom. The number of aromatic nitrogens is 2. The van der Waals surface area contributed by atoms with Crippen molar-refractivity contribution in [2.24, 2.45) is 17.8 Å². The van der Waals surface area contributed by atoms with Crippen LogP contribution in [0.4, 0.5) is 10.5 Å². The molecule has 2 aromatic rings. The average Bonchev–Trinajstić information content (AvgIpc) is 3.41. The number of amides is 2. The Bertz CT molecular complexity index is 748. The lowest BCUT2D eigenvalue weighted by atomic mass is 9.92. The first-order valence-electron chi connectivity index (χ1n) is 8.78. The molecule has 6 heteroatoms. The van der Waals surface area contributed by atoms with Crippen molar-refractivity contribution in [3.05, 3.63) is 42.9 Å². The number of aliphatic hydroxyl groups excluding tert-OH is 1. The molecule has 2 aromatic heterocycles. The first-order valence-corrected chi connectivity index (χ1v) is 8.78. The molecule has 25 heavy (non-hydrogen) atoms. The smallest absolute Gasteiger partial charge is 0.321 e. The number of nitrogens with one attached hydrogen (secondary N) is 1. The van der Waals surface area contributed by atoms with Crippen LogP contribution < -0.4 is 5.32 Å². The van der Waals surface area contributed by atoms with Crippen molar-refractivity contribution < 1.29 is 9.90 Å². The van der Waals surface area contributed by atoms with Gasteiger partial charge in [0.2, 0.25) is 0 Å². The van der Waals surface area contributed by atoms with E-state index in [4.69, 9.17) is 0 Å². The van der Waals surface area contributed by atoms with Gasteiger partial charge in [0.1, 0.15) is 0 Å². The molecule has 1 saturated carbocycles. The standard InChI is InChI=1S/C19H22N4O2/c24-12-15-10-23(11-16(15)13-5-6-13)19(25)22-17-4-2-8-21-18(17)14-3-1-7-20-9-14/h1-4,7-9,13,15-16,24H,5-6,10-12H2,(H,22,25)/t15-,16-/m0/s1. The number of carbonyl (C=O) groups is 1. The van der Waals surface area contributed by atoms with Crippen LogP contribution in [0.25, 0.3) is 11.3 Å². The monoisotopic (exact) mass is 338 g/mol. The number of nitrogens with zero attached hydrogens (tertiary/aromatic N) is 3. The zero-order valence-corrected chi connectivity index (χ0v) is 14.0. The molecule has 3 heterocycles. The maximum Gasteiger partial charge on any atom is 0.321 e. The lowest BCUT2D eigenvalue weighted by Gasteiger charge is -2.18. The second-order valence-corrected chi connectivity index (χ2v) is 6.92. The van der Waals surface area contributed by atoms with E-state index < -0.39 is 0 Å². The summed E-state index contributed by atoms with van der Waals surface area (Å²) in [4.78, 5) is 23.1. The molecule has 2 amide bonds. The normalized spacial score (nSPS) is 22.8. The predicted octanol–water partition coefficient (Wildman–Crippen LogP) is 2.63. The Hall–Kier alpha value is -2.47. The van der Waals surface area contributed by atoms with E-state index in [-0.39, 0.29) is 18.6 Å². The summed E-state index contributed by atoms with van der Waals surface area (Å²) in [6, 6.07) is 7.31. The first-order chi connectivity index (χ1) is 12.3. The largest absolute Gasteiger partial charge is 0.396 e. The first kappa shape index (κ1) is 16.0. The van der Waals surface area contributed by atoms with Crippen molar-refractivity contribution in [2.45, 2.75) is 12.8 Å². The highest BCUT2D eigenvalue weighted by atomic mass is 16.3.